The van der Waals surface area contributed by atoms with Gasteiger partial charge in [0, 0.05) is 12.1 Å². The van der Waals surface area contributed by atoms with Crippen molar-refractivity contribution >= 4 is 11.6 Å². The highest BCUT2D eigenvalue weighted by molar-refractivity contribution is 5.51. The predicted molar refractivity (Wildman–Crippen MR) is 86.3 cm³/mol. The van der Waals surface area contributed by atoms with Crippen LogP contribution in [0, 0.1) is 0 Å². The summed E-state index contributed by atoms with van der Waals surface area (Å²) in [5.41, 5.74) is 0. The molecule has 0 unspecified atom stereocenters. The molecule has 10 heteroatoms. The van der Waals surface area contributed by atoms with E-state index < -0.39 is 6.61 Å². The summed E-state index contributed by atoms with van der Waals surface area (Å²) >= 11 is 0. The quantitative estimate of drug-likeness (QED) is 0.733. The number of nitrogens with one attached hydrogen (secondary N) is 3. The van der Waals surface area contributed by atoms with Gasteiger partial charge < -0.3 is 20.1 Å². The van der Waals surface area contributed by atoms with Gasteiger partial charge in [0.1, 0.15) is 11.9 Å². The first kappa shape index (κ1) is 17.3. The average molecular weight is 354 g/mol. The van der Waals surface area contributed by atoms with E-state index in [2.05, 4.69) is 42.5 Å². The Balaban J connectivity index is 1.62. The monoisotopic (exact) mass is 354 g/mol. The number of anilines is 2. The molecule has 3 rings (SSSR count). The number of aromatic amines is 1. The molecule has 2 aromatic heterocycles. The highest BCUT2D eigenvalue weighted by atomic mass is 19.3. The fraction of sp³-hybridized carbons (Fsp3) is 0.533. The Morgan fingerprint density at radius 2 is 2.20 bits per heavy atom. The first-order valence-electron chi connectivity index (χ1n) is 8.08. The zero-order valence-electron chi connectivity index (χ0n) is 13.7. The molecule has 1 aliphatic rings. The smallest absolute Gasteiger partial charge is 0.388 e. The van der Waals surface area contributed by atoms with Gasteiger partial charge >= 0.3 is 6.61 Å². The van der Waals surface area contributed by atoms with E-state index in [1.807, 2.05) is 0 Å². The number of halogens is 2. The van der Waals surface area contributed by atoms with Crippen LogP contribution < -0.4 is 20.1 Å². The normalized spacial score (nSPS) is 21.0. The molecule has 8 nitrogen and oxygen atoms in total. The molecule has 2 atom stereocenters. The molecule has 0 spiro atoms. The molecule has 1 saturated heterocycles. The SMILES string of the molecule is C[C@H]1C[C@@H](Oc2cncc(Nc3cc(OC(F)F)n[nH]3)n2)CCCN1. The second kappa shape index (κ2) is 8.06. The van der Waals surface area contributed by atoms with E-state index in [4.69, 9.17) is 4.74 Å². The minimum absolute atomic E-state index is 0.0766. The van der Waals surface area contributed by atoms with Crippen LogP contribution in [0.4, 0.5) is 20.4 Å². The molecule has 3 N–H and O–H groups in total. The molecule has 3 heterocycles. The van der Waals surface area contributed by atoms with Crippen molar-refractivity contribution in [1.82, 2.24) is 25.5 Å². The van der Waals surface area contributed by atoms with Crippen LogP contribution in [0.25, 0.3) is 0 Å². The van der Waals surface area contributed by atoms with Crippen molar-refractivity contribution in [2.45, 2.75) is 44.9 Å². The summed E-state index contributed by atoms with van der Waals surface area (Å²) in [6, 6.07) is 1.69. The van der Waals surface area contributed by atoms with Gasteiger partial charge in [-0.25, -0.2) is 0 Å². The summed E-state index contributed by atoms with van der Waals surface area (Å²) in [4.78, 5) is 8.43. The van der Waals surface area contributed by atoms with Crippen molar-refractivity contribution in [3.05, 3.63) is 18.5 Å². The summed E-state index contributed by atoms with van der Waals surface area (Å²) < 4.78 is 34.4. The minimum Gasteiger partial charge on any atom is -0.473 e. The van der Waals surface area contributed by atoms with E-state index >= 15 is 0 Å². The maximum Gasteiger partial charge on any atom is 0.388 e. The molecule has 0 saturated carbocycles. The van der Waals surface area contributed by atoms with Gasteiger partial charge in [-0.2, -0.15) is 13.8 Å². The van der Waals surface area contributed by atoms with Gasteiger partial charge in [0.2, 0.25) is 11.8 Å². The number of H-pyrrole nitrogens is 1. The second-order valence-electron chi connectivity index (χ2n) is 5.84. The average Bonchev–Trinajstić information content (AvgIpc) is 2.87. The predicted octanol–water partition coefficient (Wildman–Crippen LogP) is 2.45. The van der Waals surface area contributed by atoms with Crippen LogP contribution in [0.3, 0.4) is 0 Å². The van der Waals surface area contributed by atoms with E-state index in [0.717, 1.165) is 25.8 Å². The van der Waals surface area contributed by atoms with Gasteiger partial charge in [-0.15, -0.1) is 5.10 Å². The number of rotatable bonds is 6. The van der Waals surface area contributed by atoms with Crippen LogP contribution >= 0.6 is 0 Å². The van der Waals surface area contributed by atoms with Crippen LogP contribution in [-0.4, -0.2) is 45.5 Å². The van der Waals surface area contributed by atoms with Crippen molar-refractivity contribution in [3.63, 3.8) is 0 Å². The Morgan fingerprint density at radius 1 is 1.32 bits per heavy atom. The summed E-state index contributed by atoms with van der Waals surface area (Å²) in [6.45, 7) is 0.184. The number of aromatic nitrogens is 4. The fourth-order valence-corrected chi connectivity index (χ4v) is 2.67. The van der Waals surface area contributed by atoms with E-state index in [-0.39, 0.29) is 12.0 Å². The molecule has 0 aromatic carbocycles. The van der Waals surface area contributed by atoms with Crippen molar-refractivity contribution in [3.8, 4) is 11.8 Å². The van der Waals surface area contributed by atoms with Gasteiger partial charge in [-0.3, -0.25) is 10.1 Å². The lowest BCUT2D eigenvalue weighted by Crippen LogP contribution is -2.28. The zero-order chi connectivity index (χ0) is 17.6. The number of alkyl halides is 2. The Labute approximate surface area is 143 Å². The molecule has 25 heavy (non-hydrogen) atoms. The summed E-state index contributed by atoms with van der Waals surface area (Å²) in [6.07, 6.45) is 6.01. The maximum absolute atomic E-state index is 12.1. The largest absolute Gasteiger partial charge is 0.473 e. The Bertz CT molecular complexity index is 684. The molecule has 0 amide bonds. The van der Waals surface area contributed by atoms with E-state index in [0.29, 0.717) is 23.6 Å². The molecular weight excluding hydrogens is 334 g/mol. The summed E-state index contributed by atoms with van der Waals surface area (Å²) in [5.74, 6) is 0.962. The third-order valence-electron chi connectivity index (χ3n) is 3.74. The fourth-order valence-electron chi connectivity index (χ4n) is 2.67. The van der Waals surface area contributed by atoms with Crippen molar-refractivity contribution in [2.75, 3.05) is 11.9 Å². The summed E-state index contributed by atoms with van der Waals surface area (Å²) in [7, 11) is 0. The standard InChI is InChI=1S/C15H20F2N6O2/c1-9-5-10(3-2-4-19-9)24-14-8-18-7-12(21-14)20-11-6-13(23-22-11)25-15(16)17/h6-10,15,19H,2-5H2,1H3,(H2,20,21,22,23)/t9-,10-/m0/s1. The topological polar surface area (TPSA) is 97.0 Å². The van der Waals surface area contributed by atoms with Gasteiger partial charge in [-0.1, -0.05) is 0 Å². The van der Waals surface area contributed by atoms with E-state index in [1.165, 1.54) is 12.3 Å². The molecule has 0 radical (unpaired) electrons. The first-order chi connectivity index (χ1) is 12.1. The zero-order valence-corrected chi connectivity index (χ0v) is 13.7. The molecule has 1 fully saturated rings. The van der Waals surface area contributed by atoms with Gasteiger partial charge in [0.05, 0.1) is 12.4 Å². The lowest BCUT2D eigenvalue weighted by atomic mass is 10.1. The third-order valence-corrected chi connectivity index (χ3v) is 3.74. The Morgan fingerprint density at radius 3 is 3.04 bits per heavy atom. The van der Waals surface area contributed by atoms with Crippen molar-refractivity contribution in [1.29, 1.82) is 0 Å². The van der Waals surface area contributed by atoms with Crippen LogP contribution in [-0.2, 0) is 0 Å². The lowest BCUT2D eigenvalue weighted by molar-refractivity contribution is -0.0528. The molecule has 0 aliphatic carbocycles. The second-order valence-corrected chi connectivity index (χ2v) is 5.84. The van der Waals surface area contributed by atoms with Gasteiger partial charge in [0.25, 0.3) is 0 Å². The van der Waals surface area contributed by atoms with Crippen LogP contribution in [0.5, 0.6) is 11.8 Å². The Kier molecular flexibility index (Phi) is 5.59. The Hall–Kier alpha value is -2.49. The van der Waals surface area contributed by atoms with Gasteiger partial charge in [0.15, 0.2) is 5.82 Å². The highest BCUT2D eigenvalue weighted by Gasteiger charge is 2.19. The number of ether oxygens (including phenoxy) is 2. The first-order valence-corrected chi connectivity index (χ1v) is 8.08. The minimum atomic E-state index is -2.93. The third kappa shape index (κ3) is 5.24. The molecule has 136 valence electrons. The molecular formula is C15H20F2N6O2. The van der Waals surface area contributed by atoms with E-state index in [9.17, 15) is 8.78 Å². The molecule has 2 aromatic rings. The summed E-state index contributed by atoms with van der Waals surface area (Å²) in [5, 5.41) is 12.5. The van der Waals surface area contributed by atoms with Crippen molar-refractivity contribution < 1.29 is 18.3 Å². The van der Waals surface area contributed by atoms with Crippen LogP contribution in [0.2, 0.25) is 0 Å². The lowest BCUT2D eigenvalue weighted by Gasteiger charge is -2.18. The van der Waals surface area contributed by atoms with Gasteiger partial charge in [-0.05, 0) is 32.7 Å². The van der Waals surface area contributed by atoms with Crippen LogP contribution in [0.15, 0.2) is 18.5 Å². The number of hydrogen-bond donors (Lipinski definition) is 3. The maximum atomic E-state index is 12.1. The molecule has 1 aliphatic heterocycles. The number of nitrogens with zero attached hydrogens (tertiary/aromatic N) is 3. The van der Waals surface area contributed by atoms with Crippen molar-refractivity contribution in [2.24, 2.45) is 0 Å². The molecule has 0 bridgehead atoms. The van der Waals surface area contributed by atoms with Crippen LogP contribution in [0.1, 0.15) is 26.2 Å². The number of hydrogen-bond acceptors (Lipinski definition) is 7. The highest BCUT2D eigenvalue weighted by Crippen LogP contribution is 2.21. The van der Waals surface area contributed by atoms with E-state index in [1.54, 1.807) is 6.20 Å².